The maximum absolute atomic E-state index is 12.4. The molecule has 0 spiro atoms. The lowest BCUT2D eigenvalue weighted by molar-refractivity contribution is -0.122. The maximum Gasteiger partial charge on any atom is 0.266 e. The Morgan fingerprint density at radius 1 is 1.20 bits per heavy atom. The summed E-state index contributed by atoms with van der Waals surface area (Å²) in [5, 5.41) is 2.82. The lowest BCUT2D eigenvalue weighted by Gasteiger charge is -2.18. The quantitative estimate of drug-likeness (QED) is 0.906. The molecule has 1 aromatic heterocycles. The number of ether oxygens (including phenoxy) is 1. The molecule has 0 bridgehead atoms. The molecule has 132 valence electrons. The second-order valence-corrected chi connectivity index (χ2v) is 6.47. The van der Waals surface area contributed by atoms with E-state index in [0.29, 0.717) is 5.82 Å². The highest BCUT2D eigenvalue weighted by Crippen LogP contribution is 2.22. The molecule has 1 amide bonds. The summed E-state index contributed by atoms with van der Waals surface area (Å²) >= 11 is 0. The highest BCUT2D eigenvalue weighted by Gasteiger charge is 2.18. The minimum absolute atomic E-state index is 0.230. The van der Waals surface area contributed by atoms with E-state index in [0.717, 1.165) is 35.8 Å². The van der Waals surface area contributed by atoms with Crippen molar-refractivity contribution in [1.82, 2.24) is 9.97 Å². The minimum atomic E-state index is -0.620. The van der Waals surface area contributed by atoms with E-state index in [4.69, 9.17) is 4.74 Å². The number of rotatable bonds is 5. The normalized spacial score (nSPS) is 15.1. The van der Waals surface area contributed by atoms with Gasteiger partial charge in [0.05, 0.1) is 0 Å². The van der Waals surface area contributed by atoms with Crippen LogP contribution in [-0.4, -0.2) is 35.1 Å². The van der Waals surface area contributed by atoms with Gasteiger partial charge in [-0.3, -0.25) is 4.79 Å². The summed E-state index contributed by atoms with van der Waals surface area (Å²) in [5.41, 5.74) is 2.10. The van der Waals surface area contributed by atoms with Crippen LogP contribution in [0.1, 0.15) is 30.9 Å². The molecule has 2 heterocycles. The zero-order valence-electron chi connectivity index (χ0n) is 15.0. The van der Waals surface area contributed by atoms with Gasteiger partial charge in [-0.25, -0.2) is 9.97 Å². The lowest BCUT2D eigenvalue weighted by atomic mass is 10.1. The third kappa shape index (κ3) is 4.26. The topological polar surface area (TPSA) is 67.3 Å². The Morgan fingerprint density at radius 2 is 1.96 bits per heavy atom. The van der Waals surface area contributed by atoms with Gasteiger partial charge in [0.2, 0.25) is 0 Å². The van der Waals surface area contributed by atoms with Crippen LogP contribution in [0.15, 0.2) is 30.6 Å². The standard InChI is InChI=1S/C19H24N4O2/c1-13-6-7-14(2)16(10-13)25-15(3)19(24)22-17-11-18(21-12-20-17)23-8-4-5-9-23/h6-7,10-12,15H,4-5,8-9H2,1-3H3,(H,20,21,22,24). The predicted molar refractivity (Wildman–Crippen MR) is 98.1 cm³/mol. The van der Waals surface area contributed by atoms with Gasteiger partial charge in [-0.15, -0.1) is 0 Å². The average molecular weight is 340 g/mol. The molecule has 1 unspecified atom stereocenters. The van der Waals surface area contributed by atoms with Crippen molar-refractivity contribution >= 4 is 17.5 Å². The number of aromatic nitrogens is 2. The molecule has 1 aliphatic rings. The van der Waals surface area contributed by atoms with Crippen molar-refractivity contribution in [3.05, 3.63) is 41.7 Å². The molecule has 1 saturated heterocycles. The number of nitrogens with zero attached hydrogens (tertiary/aromatic N) is 3. The number of amides is 1. The lowest BCUT2D eigenvalue weighted by Crippen LogP contribution is -2.31. The van der Waals surface area contributed by atoms with Crippen molar-refractivity contribution in [1.29, 1.82) is 0 Å². The molecule has 1 atom stereocenters. The van der Waals surface area contributed by atoms with Crippen LogP contribution in [0.2, 0.25) is 0 Å². The maximum atomic E-state index is 12.4. The van der Waals surface area contributed by atoms with E-state index >= 15 is 0 Å². The Balaban J connectivity index is 1.65. The molecule has 1 N–H and O–H groups in total. The number of carbonyl (C=O) groups is 1. The fourth-order valence-electron chi connectivity index (χ4n) is 2.84. The van der Waals surface area contributed by atoms with Crippen LogP contribution in [0.25, 0.3) is 0 Å². The third-order valence-corrected chi connectivity index (χ3v) is 4.35. The Bertz CT molecular complexity index is 757. The molecule has 6 heteroatoms. The smallest absolute Gasteiger partial charge is 0.266 e. The fraction of sp³-hybridized carbons (Fsp3) is 0.421. The van der Waals surface area contributed by atoms with Crippen LogP contribution in [0, 0.1) is 13.8 Å². The summed E-state index contributed by atoms with van der Waals surface area (Å²) in [4.78, 5) is 23.1. The Kier molecular flexibility index (Phi) is 5.16. The minimum Gasteiger partial charge on any atom is -0.481 e. The van der Waals surface area contributed by atoms with E-state index in [1.165, 1.54) is 19.2 Å². The Hall–Kier alpha value is -2.63. The molecule has 0 saturated carbocycles. The van der Waals surface area contributed by atoms with Crippen LogP contribution in [0.4, 0.5) is 11.6 Å². The van der Waals surface area contributed by atoms with Gasteiger partial charge in [0, 0.05) is 19.2 Å². The fourth-order valence-corrected chi connectivity index (χ4v) is 2.84. The van der Waals surface area contributed by atoms with Crippen molar-refractivity contribution in [2.45, 2.75) is 39.7 Å². The number of hydrogen-bond acceptors (Lipinski definition) is 5. The van der Waals surface area contributed by atoms with E-state index in [-0.39, 0.29) is 5.91 Å². The molecule has 2 aromatic rings. The van der Waals surface area contributed by atoms with Gasteiger partial charge in [-0.2, -0.15) is 0 Å². The SMILES string of the molecule is Cc1ccc(C)c(OC(C)C(=O)Nc2cc(N3CCCC3)ncn2)c1. The van der Waals surface area contributed by atoms with Gasteiger partial charge < -0.3 is 15.0 Å². The molecular formula is C19H24N4O2. The van der Waals surface area contributed by atoms with Crippen LogP contribution in [-0.2, 0) is 4.79 Å². The molecule has 3 rings (SSSR count). The Morgan fingerprint density at radius 3 is 2.72 bits per heavy atom. The van der Waals surface area contributed by atoms with Gasteiger partial charge in [0.25, 0.3) is 5.91 Å². The highest BCUT2D eigenvalue weighted by atomic mass is 16.5. The zero-order valence-corrected chi connectivity index (χ0v) is 15.0. The number of anilines is 2. The van der Waals surface area contributed by atoms with Crippen LogP contribution in [0.3, 0.4) is 0 Å². The third-order valence-electron chi connectivity index (χ3n) is 4.35. The van der Waals surface area contributed by atoms with Crippen molar-refractivity contribution in [3.63, 3.8) is 0 Å². The second-order valence-electron chi connectivity index (χ2n) is 6.47. The van der Waals surface area contributed by atoms with Gasteiger partial charge in [-0.1, -0.05) is 12.1 Å². The van der Waals surface area contributed by atoms with Gasteiger partial charge in [0.1, 0.15) is 23.7 Å². The summed E-state index contributed by atoms with van der Waals surface area (Å²) in [7, 11) is 0. The predicted octanol–water partition coefficient (Wildman–Crippen LogP) is 3.10. The molecule has 0 aliphatic carbocycles. The molecule has 0 radical (unpaired) electrons. The summed E-state index contributed by atoms with van der Waals surface area (Å²) in [6.45, 7) is 7.69. The second kappa shape index (κ2) is 7.51. The average Bonchev–Trinajstić information content (AvgIpc) is 3.13. The van der Waals surface area contributed by atoms with Crippen molar-refractivity contribution in [2.24, 2.45) is 0 Å². The number of nitrogens with one attached hydrogen (secondary N) is 1. The number of benzene rings is 1. The van der Waals surface area contributed by atoms with Crippen LogP contribution >= 0.6 is 0 Å². The van der Waals surface area contributed by atoms with Crippen molar-refractivity contribution in [3.8, 4) is 5.75 Å². The summed E-state index contributed by atoms with van der Waals surface area (Å²) in [5.74, 6) is 1.85. The molecule has 6 nitrogen and oxygen atoms in total. The first kappa shape index (κ1) is 17.2. The number of carbonyl (C=O) groups excluding carboxylic acids is 1. The van der Waals surface area contributed by atoms with Gasteiger partial charge in [-0.05, 0) is 50.8 Å². The van der Waals surface area contributed by atoms with E-state index in [2.05, 4.69) is 20.2 Å². The summed E-state index contributed by atoms with van der Waals surface area (Å²) in [6, 6.07) is 7.76. The van der Waals surface area contributed by atoms with E-state index < -0.39 is 6.10 Å². The Labute approximate surface area is 148 Å². The van der Waals surface area contributed by atoms with E-state index in [1.807, 2.05) is 38.1 Å². The van der Waals surface area contributed by atoms with E-state index in [1.54, 1.807) is 6.92 Å². The molecular weight excluding hydrogens is 316 g/mol. The largest absolute Gasteiger partial charge is 0.481 e. The molecule has 1 aromatic carbocycles. The highest BCUT2D eigenvalue weighted by molar-refractivity contribution is 5.93. The van der Waals surface area contributed by atoms with E-state index in [9.17, 15) is 4.79 Å². The van der Waals surface area contributed by atoms with Gasteiger partial charge in [0.15, 0.2) is 6.10 Å². The number of hydrogen-bond donors (Lipinski definition) is 1. The van der Waals surface area contributed by atoms with Gasteiger partial charge >= 0.3 is 0 Å². The summed E-state index contributed by atoms with van der Waals surface area (Å²) < 4.78 is 5.82. The van der Waals surface area contributed by atoms with Crippen LogP contribution in [0.5, 0.6) is 5.75 Å². The first-order valence-corrected chi connectivity index (χ1v) is 8.65. The molecule has 1 fully saturated rings. The first-order valence-electron chi connectivity index (χ1n) is 8.65. The number of aryl methyl sites for hydroxylation is 2. The summed E-state index contributed by atoms with van der Waals surface area (Å²) in [6.07, 6.45) is 3.21. The monoisotopic (exact) mass is 340 g/mol. The van der Waals surface area contributed by atoms with Crippen LogP contribution < -0.4 is 15.0 Å². The van der Waals surface area contributed by atoms with Crippen molar-refractivity contribution < 1.29 is 9.53 Å². The zero-order chi connectivity index (χ0) is 17.8. The van der Waals surface area contributed by atoms with Crippen molar-refractivity contribution in [2.75, 3.05) is 23.3 Å². The first-order chi connectivity index (χ1) is 12.0. The molecule has 25 heavy (non-hydrogen) atoms. The molecule has 1 aliphatic heterocycles.